The Labute approximate surface area is 112 Å². The Morgan fingerprint density at radius 1 is 1.50 bits per heavy atom. The van der Waals surface area contributed by atoms with E-state index in [0.29, 0.717) is 6.04 Å². The van der Waals surface area contributed by atoms with E-state index in [4.69, 9.17) is 5.26 Å². The van der Waals surface area contributed by atoms with Gasteiger partial charge in [0.1, 0.15) is 11.9 Å². The Bertz CT molecular complexity index is 479. The first-order chi connectivity index (χ1) is 8.53. The first-order valence-electron chi connectivity index (χ1n) is 6.07. The zero-order valence-electron chi connectivity index (χ0n) is 10.7. The Kier molecular flexibility index (Phi) is 3.82. The minimum absolute atomic E-state index is 0.0984. The van der Waals surface area contributed by atoms with Gasteiger partial charge >= 0.3 is 0 Å². The number of nitrogens with zero attached hydrogens (tertiary/aromatic N) is 1. The van der Waals surface area contributed by atoms with Gasteiger partial charge in [0.25, 0.3) is 0 Å². The van der Waals surface area contributed by atoms with Gasteiger partial charge < -0.3 is 5.32 Å². The van der Waals surface area contributed by atoms with Crippen molar-refractivity contribution in [2.24, 2.45) is 5.41 Å². The highest BCUT2D eigenvalue weighted by atomic mass is 32.2. The van der Waals surface area contributed by atoms with Crippen LogP contribution in [0.25, 0.3) is 0 Å². The molecule has 1 saturated heterocycles. The minimum atomic E-state index is -0.458. The number of anilines is 1. The molecule has 2 rings (SSSR count). The zero-order chi connectivity index (χ0) is 13.2. The monoisotopic (exact) mass is 264 g/mol. The molecule has 1 aliphatic heterocycles. The normalized spacial score (nSPS) is 22.2. The van der Waals surface area contributed by atoms with Gasteiger partial charge in [0, 0.05) is 17.5 Å². The maximum absolute atomic E-state index is 13.2. The summed E-state index contributed by atoms with van der Waals surface area (Å²) in [5, 5.41) is 12.3. The third-order valence-corrected chi connectivity index (χ3v) is 4.61. The predicted octanol–water partition coefficient (Wildman–Crippen LogP) is 3.64. The molecule has 18 heavy (non-hydrogen) atoms. The zero-order valence-corrected chi connectivity index (χ0v) is 11.5. The molecule has 1 aromatic carbocycles. The average molecular weight is 264 g/mol. The summed E-state index contributed by atoms with van der Waals surface area (Å²) in [6.45, 7) is 4.50. The lowest BCUT2D eigenvalue weighted by Crippen LogP contribution is -2.41. The molecule has 4 heteroatoms. The number of nitrogens with one attached hydrogen (secondary N) is 1. The molecule has 0 spiro atoms. The van der Waals surface area contributed by atoms with E-state index < -0.39 is 5.82 Å². The van der Waals surface area contributed by atoms with Crippen molar-refractivity contribution < 1.29 is 4.39 Å². The fourth-order valence-electron chi connectivity index (χ4n) is 2.08. The minimum Gasteiger partial charge on any atom is -0.381 e. The smallest absolute Gasteiger partial charge is 0.141 e. The summed E-state index contributed by atoms with van der Waals surface area (Å²) < 4.78 is 13.2. The molecule has 2 nitrogen and oxygen atoms in total. The molecule has 1 atom stereocenters. The summed E-state index contributed by atoms with van der Waals surface area (Å²) in [5.74, 6) is 1.78. The molecule has 1 aliphatic rings. The molecule has 0 aliphatic carbocycles. The van der Waals surface area contributed by atoms with Crippen molar-refractivity contribution in [1.29, 1.82) is 5.26 Å². The summed E-state index contributed by atoms with van der Waals surface area (Å²) in [4.78, 5) is 0. The van der Waals surface area contributed by atoms with Gasteiger partial charge in [-0.2, -0.15) is 17.0 Å². The Morgan fingerprint density at radius 2 is 2.28 bits per heavy atom. The molecule has 0 radical (unpaired) electrons. The molecule has 1 unspecified atom stereocenters. The first kappa shape index (κ1) is 13.2. The van der Waals surface area contributed by atoms with Crippen LogP contribution < -0.4 is 5.32 Å². The standard InChI is InChI=1S/C14H17FN2S/c1-14(2)5-6-18-9-13(14)17-11-3-4-12(15)10(7-11)8-16/h3-4,7,13,17H,5-6,9H2,1-2H3. The number of rotatable bonds is 2. The first-order valence-corrected chi connectivity index (χ1v) is 7.22. The molecule has 1 heterocycles. The Balaban J connectivity index is 2.16. The van der Waals surface area contributed by atoms with Gasteiger partial charge in [0.05, 0.1) is 5.56 Å². The van der Waals surface area contributed by atoms with E-state index >= 15 is 0 Å². The predicted molar refractivity (Wildman–Crippen MR) is 74.2 cm³/mol. The summed E-state index contributed by atoms with van der Waals surface area (Å²) in [6.07, 6.45) is 1.17. The van der Waals surface area contributed by atoms with Crippen molar-refractivity contribution in [2.75, 3.05) is 16.8 Å². The maximum Gasteiger partial charge on any atom is 0.141 e. The molecular formula is C14H17FN2S. The quantitative estimate of drug-likeness (QED) is 0.885. The van der Waals surface area contributed by atoms with Crippen LogP contribution in [0.15, 0.2) is 18.2 Å². The average Bonchev–Trinajstić information content (AvgIpc) is 2.34. The fourth-order valence-corrected chi connectivity index (χ4v) is 3.68. The second-order valence-electron chi connectivity index (χ2n) is 5.32. The second kappa shape index (κ2) is 5.19. The van der Waals surface area contributed by atoms with E-state index in [1.54, 1.807) is 12.1 Å². The molecule has 0 amide bonds. The van der Waals surface area contributed by atoms with E-state index in [0.717, 1.165) is 11.4 Å². The number of benzene rings is 1. The van der Waals surface area contributed by atoms with Crippen molar-refractivity contribution in [1.82, 2.24) is 0 Å². The number of hydrogen-bond acceptors (Lipinski definition) is 3. The molecular weight excluding hydrogens is 247 g/mol. The van der Waals surface area contributed by atoms with Crippen LogP contribution in [0.3, 0.4) is 0 Å². The lowest BCUT2D eigenvalue weighted by Gasteiger charge is -2.39. The van der Waals surface area contributed by atoms with E-state index in [1.807, 2.05) is 17.8 Å². The molecule has 0 saturated carbocycles. The number of halogens is 1. The van der Waals surface area contributed by atoms with Crippen LogP contribution in [-0.4, -0.2) is 17.5 Å². The van der Waals surface area contributed by atoms with E-state index in [1.165, 1.54) is 18.2 Å². The van der Waals surface area contributed by atoms with Crippen molar-refractivity contribution in [3.05, 3.63) is 29.6 Å². The van der Waals surface area contributed by atoms with Crippen LogP contribution in [0.2, 0.25) is 0 Å². The summed E-state index contributed by atoms with van der Waals surface area (Å²) in [5.41, 5.74) is 1.15. The van der Waals surface area contributed by atoms with Gasteiger partial charge in [0.2, 0.25) is 0 Å². The van der Waals surface area contributed by atoms with Crippen LogP contribution in [0, 0.1) is 22.6 Å². The van der Waals surface area contributed by atoms with Crippen LogP contribution in [-0.2, 0) is 0 Å². The lowest BCUT2D eigenvalue weighted by atomic mass is 9.82. The molecule has 0 bridgehead atoms. The van der Waals surface area contributed by atoms with Crippen molar-refractivity contribution in [2.45, 2.75) is 26.3 Å². The van der Waals surface area contributed by atoms with E-state index in [9.17, 15) is 4.39 Å². The number of nitriles is 1. The lowest BCUT2D eigenvalue weighted by molar-refractivity contribution is 0.305. The summed E-state index contributed by atoms with van der Waals surface area (Å²) >= 11 is 1.94. The largest absolute Gasteiger partial charge is 0.381 e. The van der Waals surface area contributed by atoms with Crippen LogP contribution in [0.5, 0.6) is 0 Å². The molecule has 1 aromatic rings. The van der Waals surface area contributed by atoms with Crippen molar-refractivity contribution in [3.63, 3.8) is 0 Å². The SMILES string of the molecule is CC1(C)CCSCC1Nc1ccc(F)c(C#N)c1. The maximum atomic E-state index is 13.2. The highest BCUT2D eigenvalue weighted by Gasteiger charge is 2.32. The van der Waals surface area contributed by atoms with Crippen molar-refractivity contribution >= 4 is 17.4 Å². The van der Waals surface area contributed by atoms with E-state index in [-0.39, 0.29) is 11.0 Å². The van der Waals surface area contributed by atoms with Gasteiger partial charge in [0.15, 0.2) is 0 Å². The molecule has 0 aromatic heterocycles. The fraction of sp³-hybridized carbons (Fsp3) is 0.500. The highest BCUT2D eigenvalue weighted by Crippen LogP contribution is 2.36. The van der Waals surface area contributed by atoms with Gasteiger partial charge in [-0.3, -0.25) is 0 Å². The Morgan fingerprint density at radius 3 is 2.94 bits per heavy atom. The van der Waals surface area contributed by atoms with Gasteiger partial charge in [-0.05, 0) is 35.8 Å². The number of hydrogen-bond donors (Lipinski definition) is 1. The topological polar surface area (TPSA) is 35.8 Å². The summed E-state index contributed by atoms with van der Waals surface area (Å²) in [6, 6.07) is 6.87. The van der Waals surface area contributed by atoms with Gasteiger partial charge in [-0.15, -0.1) is 0 Å². The molecule has 96 valence electrons. The molecule has 1 N–H and O–H groups in total. The van der Waals surface area contributed by atoms with Crippen LogP contribution in [0.1, 0.15) is 25.8 Å². The molecule has 1 fully saturated rings. The van der Waals surface area contributed by atoms with Crippen molar-refractivity contribution in [3.8, 4) is 6.07 Å². The third-order valence-electron chi connectivity index (χ3n) is 3.55. The van der Waals surface area contributed by atoms with Crippen LogP contribution in [0.4, 0.5) is 10.1 Å². The Hall–Kier alpha value is -1.21. The van der Waals surface area contributed by atoms with E-state index in [2.05, 4.69) is 19.2 Å². The van der Waals surface area contributed by atoms with Gasteiger partial charge in [-0.25, -0.2) is 4.39 Å². The van der Waals surface area contributed by atoms with Crippen LogP contribution >= 0.6 is 11.8 Å². The second-order valence-corrected chi connectivity index (χ2v) is 6.47. The highest BCUT2D eigenvalue weighted by molar-refractivity contribution is 7.99. The summed E-state index contributed by atoms with van der Waals surface area (Å²) in [7, 11) is 0. The number of thioether (sulfide) groups is 1. The third kappa shape index (κ3) is 2.78. The van der Waals surface area contributed by atoms with Gasteiger partial charge in [-0.1, -0.05) is 13.8 Å².